The number of aryl methyl sites for hydroxylation is 1. The molecule has 0 spiro atoms. The molecule has 2 atom stereocenters. The molecule has 1 heterocycles. The van der Waals surface area contributed by atoms with Crippen LogP contribution in [-0.4, -0.2) is 28.9 Å². The van der Waals surface area contributed by atoms with E-state index in [4.69, 9.17) is 5.11 Å². The fourth-order valence-corrected chi connectivity index (χ4v) is 3.95. The Morgan fingerprint density at radius 2 is 1.95 bits per heavy atom. The minimum atomic E-state index is -0.726. The van der Waals surface area contributed by atoms with Crippen LogP contribution in [0.15, 0.2) is 24.3 Å². The number of carbonyl (C=O) groups is 1. The molecule has 1 aromatic carbocycles. The summed E-state index contributed by atoms with van der Waals surface area (Å²) in [7, 11) is 0. The van der Waals surface area contributed by atoms with Crippen LogP contribution < -0.4 is 5.32 Å². The van der Waals surface area contributed by atoms with E-state index in [-0.39, 0.29) is 6.04 Å². The van der Waals surface area contributed by atoms with Gasteiger partial charge in [-0.15, -0.1) is 0 Å². The normalized spacial score (nSPS) is 21.1. The minimum absolute atomic E-state index is 0.358. The van der Waals surface area contributed by atoms with Gasteiger partial charge < -0.3 is 10.4 Å². The van der Waals surface area contributed by atoms with E-state index >= 15 is 0 Å². The number of thioether (sulfide) groups is 1. The number of carboxylic acid groups (broad SMARTS) is 1. The summed E-state index contributed by atoms with van der Waals surface area (Å²) < 4.78 is 0. The Hall–Kier alpha value is -1.00. The highest BCUT2D eigenvalue weighted by molar-refractivity contribution is 7.99. The lowest BCUT2D eigenvalue weighted by Crippen LogP contribution is -2.29. The van der Waals surface area contributed by atoms with Crippen molar-refractivity contribution in [3.8, 4) is 0 Å². The average molecular weight is 321 g/mol. The Bertz CT molecular complexity index is 461. The Balaban J connectivity index is 1.69. The van der Waals surface area contributed by atoms with E-state index in [1.54, 1.807) is 0 Å². The maximum atomic E-state index is 10.9. The maximum absolute atomic E-state index is 10.9. The van der Waals surface area contributed by atoms with Crippen LogP contribution in [0.4, 0.5) is 0 Å². The SMILES string of the molecule is CCCCCCc1ccc(CS[C@@H]2CN[C@H](C(=O)O)C2)cc1. The van der Waals surface area contributed by atoms with Gasteiger partial charge in [0.05, 0.1) is 0 Å². The number of unbranched alkanes of at least 4 members (excludes halogenated alkanes) is 3. The predicted molar refractivity (Wildman–Crippen MR) is 93.4 cm³/mol. The van der Waals surface area contributed by atoms with Crippen molar-refractivity contribution in [3.05, 3.63) is 35.4 Å². The molecule has 122 valence electrons. The molecule has 0 aromatic heterocycles. The molecule has 1 saturated heterocycles. The van der Waals surface area contributed by atoms with E-state index in [1.165, 1.54) is 43.2 Å². The summed E-state index contributed by atoms with van der Waals surface area (Å²) in [5.41, 5.74) is 2.76. The second kappa shape index (κ2) is 9.21. The van der Waals surface area contributed by atoms with Gasteiger partial charge in [0, 0.05) is 17.5 Å². The third kappa shape index (κ3) is 5.65. The molecule has 2 rings (SSSR count). The third-order valence-corrected chi connectivity index (χ3v) is 5.55. The van der Waals surface area contributed by atoms with E-state index in [0.29, 0.717) is 5.25 Å². The summed E-state index contributed by atoms with van der Waals surface area (Å²) in [6.07, 6.45) is 7.14. The number of aliphatic carboxylic acids is 1. The first-order valence-electron chi connectivity index (χ1n) is 8.34. The van der Waals surface area contributed by atoms with Crippen LogP contribution in [0.1, 0.15) is 50.2 Å². The lowest BCUT2D eigenvalue weighted by molar-refractivity contribution is -0.139. The van der Waals surface area contributed by atoms with Crippen molar-refractivity contribution in [2.45, 2.75) is 62.5 Å². The Morgan fingerprint density at radius 1 is 1.23 bits per heavy atom. The molecule has 1 aliphatic rings. The molecular weight excluding hydrogens is 294 g/mol. The predicted octanol–water partition coefficient (Wildman–Crippen LogP) is 3.86. The van der Waals surface area contributed by atoms with Crippen LogP contribution in [0.2, 0.25) is 0 Å². The van der Waals surface area contributed by atoms with Crippen molar-refractivity contribution in [3.63, 3.8) is 0 Å². The number of benzene rings is 1. The summed E-state index contributed by atoms with van der Waals surface area (Å²) in [4.78, 5) is 10.9. The molecule has 2 N–H and O–H groups in total. The van der Waals surface area contributed by atoms with E-state index in [9.17, 15) is 4.79 Å². The van der Waals surface area contributed by atoms with Crippen LogP contribution in [0.25, 0.3) is 0 Å². The Kier molecular flexibility index (Phi) is 7.26. The highest BCUT2D eigenvalue weighted by atomic mass is 32.2. The van der Waals surface area contributed by atoms with E-state index in [1.807, 2.05) is 11.8 Å². The summed E-state index contributed by atoms with van der Waals surface area (Å²) in [6, 6.07) is 8.57. The first kappa shape index (κ1) is 17.4. The number of nitrogens with one attached hydrogen (secondary N) is 1. The molecule has 22 heavy (non-hydrogen) atoms. The molecule has 0 amide bonds. The molecule has 4 heteroatoms. The minimum Gasteiger partial charge on any atom is -0.480 e. The molecule has 1 fully saturated rings. The van der Waals surface area contributed by atoms with Gasteiger partial charge in [0.2, 0.25) is 0 Å². The highest BCUT2D eigenvalue weighted by Crippen LogP contribution is 2.25. The largest absolute Gasteiger partial charge is 0.480 e. The summed E-state index contributed by atoms with van der Waals surface area (Å²) >= 11 is 1.86. The summed E-state index contributed by atoms with van der Waals surface area (Å²) in [5.74, 6) is 0.241. The molecule has 1 aromatic rings. The lowest BCUT2D eigenvalue weighted by Gasteiger charge is -2.09. The van der Waals surface area contributed by atoms with Gasteiger partial charge in [-0.2, -0.15) is 11.8 Å². The van der Waals surface area contributed by atoms with E-state index in [0.717, 1.165) is 18.7 Å². The van der Waals surface area contributed by atoms with Crippen LogP contribution in [0.3, 0.4) is 0 Å². The summed E-state index contributed by atoms with van der Waals surface area (Å²) in [6.45, 7) is 3.04. The van der Waals surface area contributed by atoms with E-state index in [2.05, 4.69) is 36.5 Å². The number of hydrogen-bond donors (Lipinski definition) is 2. The standard InChI is InChI=1S/C18H27NO2S/c1-2-3-4-5-6-14-7-9-15(10-8-14)13-22-16-11-17(18(20)21)19-12-16/h7-10,16-17,19H,2-6,11-13H2,1H3,(H,20,21)/t16-,17-/m0/s1. The van der Waals surface area contributed by atoms with Crippen molar-refractivity contribution < 1.29 is 9.90 Å². The molecule has 1 aliphatic heterocycles. The maximum Gasteiger partial charge on any atom is 0.320 e. The first-order chi connectivity index (χ1) is 10.7. The first-order valence-corrected chi connectivity index (χ1v) is 9.39. The van der Waals surface area contributed by atoms with Gasteiger partial charge in [-0.05, 0) is 30.4 Å². The van der Waals surface area contributed by atoms with Gasteiger partial charge in [0.25, 0.3) is 0 Å². The lowest BCUT2D eigenvalue weighted by atomic mass is 10.1. The van der Waals surface area contributed by atoms with Gasteiger partial charge in [-0.25, -0.2) is 0 Å². The van der Waals surface area contributed by atoms with Gasteiger partial charge in [-0.1, -0.05) is 50.5 Å². The topological polar surface area (TPSA) is 49.3 Å². The molecule has 0 radical (unpaired) electrons. The monoisotopic (exact) mass is 321 g/mol. The smallest absolute Gasteiger partial charge is 0.320 e. The molecule has 0 unspecified atom stereocenters. The fourth-order valence-electron chi connectivity index (χ4n) is 2.79. The Morgan fingerprint density at radius 3 is 2.59 bits per heavy atom. The van der Waals surface area contributed by atoms with Crippen LogP contribution in [-0.2, 0) is 17.0 Å². The molecule has 3 nitrogen and oxygen atoms in total. The summed E-state index contributed by atoms with van der Waals surface area (Å²) in [5, 5.41) is 12.5. The molecular formula is C18H27NO2S. The van der Waals surface area contributed by atoms with Crippen molar-refractivity contribution >= 4 is 17.7 Å². The highest BCUT2D eigenvalue weighted by Gasteiger charge is 2.29. The number of carboxylic acids is 1. The average Bonchev–Trinajstić information content (AvgIpc) is 3.00. The van der Waals surface area contributed by atoms with Crippen LogP contribution >= 0.6 is 11.8 Å². The molecule has 0 aliphatic carbocycles. The molecule has 0 bridgehead atoms. The van der Waals surface area contributed by atoms with Gasteiger partial charge in [-0.3, -0.25) is 4.79 Å². The molecule has 0 saturated carbocycles. The quantitative estimate of drug-likeness (QED) is 0.678. The number of hydrogen-bond acceptors (Lipinski definition) is 3. The zero-order valence-electron chi connectivity index (χ0n) is 13.4. The zero-order chi connectivity index (χ0) is 15.8. The van der Waals surface area contributed by atoms with Crippen molar-refractivity contribution in [1.29, 1.82) is 0 Å². The van der Waals surface area contributed by atoms with Crippen molar-refractivity contribution in [1.82, 2.24) is 5.32 Å². The zero-order valence-corrected chi connectivity index (χ0v) is 14.2. The van der Waals surface area contributed by atoms with Crippen molar-refractivity contribution in [2.24, 2.45) is 0 Å². The second-order valence-electron chi connectivity index (χ2n) is 6.09. The van der Waals surface area contributed by atoms with Crippen LogP contribution in [0.5, 0.6) is 0 Å². The van der Waals surface area contributed by atoms with Gasteiger partial charge >= 0.3 is 5.97 Å². The second-order valence-corrected chi connectivity index (χ2v) is 7.38. The Labute approximate surface area is 137 Å². The fraction of sp³-hybridized carbons (Fsp3) is 0.611. The number of rotatable bonds is 9. The van der Waals surface area contributed by atoms with Gasteiger partial charge in [0.1, 0.15) is 6.04 Å². The third-order valence-electron chi connectivity index (χ3n) is 4.22. The van der Waals surface area contributed by atoms with Crippen LogP contribution in [0, 0.1) is 0 Å². The van der Waals surface area contributed by atoms with E-state index < -0.39 is 5.97 Å². The van der Waals surface area contributed by atoms with Crippen molar-refractivity contribution in [2.75, 3.05) is 6.54 Å². The van der Waals surface area contributed by atoms with Gasteiger partial charge in [0.15, 0.2) is 0 Å².